The molecule has 0 aliphatic heterocycles. The lowest BCUT2D eigenvalue weighted by Gasteiger charge is -2.16. The Kier molecular flexibility index (Phi) is 4.00. The van der Waals surface area contributed by atoms with Crippen LogP contribution in [0.4, 0.5) is 0 Å². The van der Waals surface area contributed by atoms with Crippen molar-refractivity contribution in [3.05, 3.63) is 64.7 Å². The van der Waals surface area contributed by atoms with Crippen molar-refractivity contribution in [1.29, 1.82) is 0 Å². The molecule has 2 nitrogen and oxygen atoms in total. The Hall–Kier alpha value is -1.80. The number of hydrogen-bond acceptors (Lipinski definition) is 2. The van der Waals surface area contributed by atoms with E-state index >= 15 is 0 Å². The number of carbonyl (C=O) groups excluding carboxylic acids is 1. The smallest absolute Gasteiger partial charge is 0.150 e. The molecule has 1 atom stereocenters. The molecule has 2 aromatic rings. The maximum absolute atomic E-state index is 11.0. The molecule has 0 spiro atoms. The second-order valence-electron chi connectivity index (χ2n) is 3.96. The number of halogens is 1. The van der Waals surface area contributed by atoms with E-state index in [1.807, 2.05) is 37.3 Å². The first-order chi connectivity index (χ1) is 8.70. The van der Waals surface area contributed by atoms with Crippen LogP contribution in [0, 0.1) is 0 Å². The van der Waals surface area contributed by atoms with Crippen LogP contribution >= 0.6 is 11.6 Å². The van der Waals surface area contributed by atoms with Crippen LogP contribution in [-0.2, 0) is 0 Å². The maximum atomic E-state index is 11.0. The molecular weight excluding hydrogens is 248 g/mol. The molecular formula is C15H13ClO2. The van der Waals surface area contributed by atoms with Crippen LogP contribution in [-0.4, -0.2) is 6.29 Å². The molecule has 92 valence electrons. The van der Waals surface area contributed by atoms with Gasteiger partial charge in [-0.1, -0.05) is 41.9 Å². The first-order valence-electron chi connectivity index (χ1n) is 5.67. The summed E-state index contributed by atoms with van der Waals surface area (Å²) < 4.78 is 5.78. The molecule has 0 saturated carbocycles. The van der Waals surface area contributed by atoms with Gasteiger partial charge in [0.05, 0.1) is 0 Å². The highest BCUT2D eigenvalue weighted by Crippen LogP contribution is 2.25. The van der Waals surface area contributed by atoms with Crippen molar-refractivity contribution in [3.8, 4) is 5.75 Å². The van der Waals surface area contributed by atoms with Gasteiger partial charge in [0.25, 0.3) is 0 Å². The molecule has 0 N–H and O–H groups in total. The summed E-state index contributed by atoms with van der Waals surface area (Å²) >= 11 is 5.90. The lowest BCUT2D eigenvalue weighted by Crippen LogP contribution is -2.06. The summed E-state index contributed by atoms with van der Waals surface area (Å²) in [6, 6.07) is 14.6. The predicted molar refractivity (Wildman–Crippen MR) is 72.3 cm³/mol. The molecule has 0 fully saturated rings. The quantitative estimate of drug-likeness (QED) is 0.767. The van der Waals surface area contributed by atoms with E-state index in [2.05, 4.69) is 0 Å². The van der Waals surface area contributed by atoms with E-state index in [0.29, 0.717) is 16.3 Å². The highest BCUT2D eigenvalue weighted by molar-refractivity contribution is 6.30. The second kappa shape index (κ2) is 5.69. The van der Waals surface area contributed by atoms with Crippen LogP contribution in [0.3, 0.4) is 0 Å². The fourth-order valence-electron chi connectivity index (χ4n) is 1.80. The summed E-state index contributed by atoms with van der Waals surface area (Å²) in [6.07, 6.45) is 0.637. The minimum atomic E-state index is -0.204. The zero-order chi connectivity index (χ0) is 13.0. The molecule has 2 aromatic carbocycles. The minimum absolute atomic E-state index is 0.204. The van der Waals surface area contributed by atoms with Gasteiger partial charge in [0.1, 0.15) is 18.1 Å². The van der Waals surface area contributed by atoms with Gasteiger partial charge in [-0.25, -0.2) is 0 Å². The monoisotopic (exact) mass is 260 g/mol. The highest BCUT2D eigenvalue weighted by Gasteiger charge is 2.11. The van der Waals surface area contributed by atoms with Crippen molar-refractivity contribution >= 4 is 17.9 Å². The van der Waals surface area contributed by atoms with Gasteiger partial charge in [-0.15, -0.1) is 0 Å². The molecule has 0 aliphatic carbocycles. The number of benzene rings is 2. The third kappa shape index (κ3) is 2.90. The molecule has 0 radical (unpaired) electrons. The first-order valence-corrected chi connectivity index (χ1v) is 6.05. The van der Waals surface area contributed by atoms with E-state index in [-0.39, 0.29) is 6.10 Å². The Morgan fingerprint density at radius 2 is 1.94 bits per heavy atom. The van der Waals surface area contributed by atoms with Crippen LogP contribution in [0.5, 0.6) is 5.75 Å². The molecule has 0 aromatic heterocycles. The number of ether oxygens (including phenoxy) is 1. The fraction of sp³-hybridized carbons (Fsp3) is 0.133. The standard InChI is InChI=1S/C15H13ClO2/c1-11(15-8-3-2-5-12(15)10-17)18-14-7-4-6-13(16)9-14/h2-11H,1H3. The number of carbonyl (C=O) groups is 1. The van der Waals surface area contributed by atoms with Gasteiger partial charge in [0, 0.05) is 16.1 Å². The fourth-order valence-corrected chi connectivity index (χ4v) is 1.98. The Morgan fingerprint density at radius 1 is 1.17 bits per heavy atom. The van der Waals surface area contributed by atoms with E-state index < -0.39 is 0 Å². The summed E-state index contributed by atoms with van der Waals surface area (Å²) in [7, 11) is 0. The van der Waals surface area contributed by atoms with Gasteiger partial charge in [-0.3, -0.25) is 4.79 Å². The SMILES string of the molecule is CC(Oc1cccc(Cl)c1)c1ccccc1C=O. The molecule has 1 unspecified atom stereocenters. The number of aldehydes is 1. The van der Waals surface area contributed by atoms with Crippen molar-refractivity contribution in [2.75, 3.05) is 0 Å². The summed E-state index contributed by atoms with van der Waals surface area (Å²) in [5.41, 5.74) is 1.51. The van der Waals surface area contributed by atoms with E-state index in [0.717, 1.165) is 11.8 Å². The normalized spacial score (nSPS) is 11.9. The van der Waals surface area contributed by atoms with E-state index in [9.17, 15) is 4.79 Å². The van der Waals surface area contributed by atoms with E-state index in [4.69, 9.17) is 16.3 Å². The van der Waals surface area contributed by atoms with Crippen molar-refractivity contribution < 1.29 is 9.53 Å². The third-order valence-electron chi connectivity index (χ3n) is 2.67. The molecule has 0 bridgehead atoms. The van der Waals surface area contributed by atoms with Crippen LogP contribution < -0.4 is 4.74 Å². The summed E-state index contributed by atoms with van der Waals surface area (Å²) in [5, 5.41) is 0.628. The van der Waals surface area contributed by atoms with Gasteiger partial charge in [0.15, 0.2) is 0 Å². The van der Waals surface area contributed by atoms with Crippen LogP contribution in [0.15, 0.2) is 48.5 Å². The number of rotatable bonds is 4. The zero-order valence-electron chi connectivity index (χ0n) is 9.97. The van der Waals surface area contributed by atoms with Crippen LogP contribution in [0.2, 0.25) is 5.02 Å². The van der Waals surface area contributed by atoms with Gasteiger partial charge in [-0.2, -0.15) is 0 Å². The van der Waals surface area contributed by atoms with Gasteiger partial charge in [-0.05, 0) is 25.1 Å². The molecule has 0 saturated heterocycles. The Labute approximate surface area is 111 Å². The average Bonchev–Trinajstić information content (AvgIpc) is 2.38. The van der Waals surface area contributed by atoms with Gasteiger partial charge < -0.3 is 4.74 Å². The molecule has 18 heavy (non-hydrogen) atoms. The van der Waals surface area contributed by atoms with Crippen molar-refractivity contribution in [2.45, 2.75) is 13.0 Å². The first kappa shape index (κ1) is 12.7. The van der Waals surface area contributed by atoms with Crippen LogP contribution in [0.1, 0.15) is 28.9 Å². The predicted octanol–water partition coefficient (Wildman–Crippen LogP) is 4.29. The topological polar surface area (TPSA) is 26.3 Å². The Bertz CT molecular complexity index is 552. The lowest BCUT2D eigenvalue weighted by atomic mass is 10.0. The van der Waals surface area contributed by atoms with Crippen molar-refractivity contribution in [3.63, 3.8) is 0 Å². The average molecular weight is 261 g/mol. The van der Waals surface area contributed by atoms with Crippen molar-refractivity contribution in [2.24, 2.45) is 0 Å². The minimum Gasteiger partial charge on any atom is -0.486 e. The largest absolute Gasteiger partial charge is 0.486 e. The second-order valence-corrected chi connectivity index (χ2v) is 4.40. The molecule has 2 rings (SSSR count). The van der Waals surface area contributed by atoms with E-state index in [1.54, 1.807) is 18.2 Å². The lowest BCUT2D eigenvalue weighted by molar-refractivity contribution is 0.111. The molecule has 3 heteroatoms. The molecule has 0 heterocycles. The van der Waals surface area contributed by atoms with Crippen LogP contribution in [0.25, 0.3) is 0 Å². The van der Waals surface area contributed by atoms with Gasteiger partial charge >= 0.3 is 0 Å². The number of hydrogen-bond donors (Lipinski definition) is 0. The molecule has 0 amide bonds. The van der Waals surface area contributed by atoms with Crippen molar-refractivity contribution in [1.82, 2.24) is 0 Å². The maximum Gasteiger partial charge on any atom is 0.150 e. The van der Waals surface area contributed by atoms with Gasteiger partial charge in [0.2, 0.25) is 0 Å². The Morgan fingerprint density at radius 3 is 2.67 bits per heavy atom. The Balaban J connectivity index is 2.21. The highest BCUT2D eigenvalue weighted by atomic mass is 35.5. The summed E-state index contributed by atoms with van der Waals surface area (Å²) in [5.74, 6) is 0.690. The zero-order valence-corrected chi connectivity index (χ0v) is 10.7. The molecule has 0 aliphatic rings. The van der Waals surface area contributed by atoms with E-state index in [1.165, 1.54) is 0 Å². The third-order valence-corrected chi connectivity index (χ3v) is 2.90. The summed E-state index contributed by atoms with van der Waals surface area (Å²) in [6.45, 7) is 1.91. The summed E-state index contributed by atoms with van der Waals surface area (Å²) in [4.78, 5) is 11.0.